The van der Waals surface area contributed by atoms with E-state index in [1.807, 2.05) is 0 Å². The summed E-state index contributed by atoms with van der Waals surface area (Å²) in [7, 11) is 0. The van der Waals surface area contributed by atoms with Gasteiger partial charge in [-0.25, -0.2) is 4.39 Å². The zero-order valence-electron chi connectivity index (χ0n) is 4.12. The molecule has 0 N–H and O–H groups in total. The minimum atomic E-state index is -0.178. The van der Waals surface area contributed by atoms with Gasteiger partial charge in [0.15, 0.2) is 0 Å². The molecule has 0 fully saturated rings. The molecule has 0 radical (unpaired) electrons. The Hall–Kier alpha value is -0.331. The first-order valence-corrected chi connectivity index (χ1v) is 2.10. The van der Waals surface area contributed by atoms with Crippen LogP contribution in [0.4, 0.5) is 4.39 Å². The molecule has 2 heteroatoms. The molecular formula is C6H5FFe. The fraction of sp³-hybridized carbons (Fsp3) is 0. The summed E-state index contributed by atoms with van der Waals surface area (Å²) in [5, 5.41) is 0. The normalized spacial score (nSPS) is 7.62. The van der Waals surface area contributed by atoms with Crippen LogP contribution in [0.2, 0.25) is 0 Å². The van der Waals surface area contributed by atoms with E-state index in [1.54, 1.807) is 18.2 Å². The Morgan fingerprint density at radius 2 is 1.50 bits per heavy atom. The van der Waals surface area contributed by atoms with Crippen LogP contribution in [0.25, 0.3) is 0 Å². The van der Waals surface area contributed by atoms with Crippen LogP contribution in [0.5, 0.6) is 0 Å². The van der Waals surface area contributed by atoms with E-state index in [9.17, 15) is 4.39 Å². The molecule has 0 saturated carbocycles. The van der Waals surface area contributed by atoms with E-state index in [-0.39, 0.29) is 22.9 Å². The molecule has 0 aliphatic rings. The zero-order valence-corrected chi connectivity index (χ0v) is 5.22. The Kier molecular flexibility index (Phi) is 3.49. The third-order valence-corrected chi connectivity index (χ3v) is 0.733. The average Bonchev–Trinajstić information content (AvgIpc) is 1.69. The van der Waals surface area contributed by atoms with Crippen LogP contribution in [-0.2, 0) is 17.1 Å². The van der Waals surface area contributed by atoms with Gasteiger partial charge in [-0.05, 0) is 12.1 Å². The van der Waals surface area contributed by atoms with Crippen molar-refractivity contribution in [3.63, 3.8) is 0 Å². The van der Waals surface area contributed by atoms with E-state index in [1.165, 1.54) is 12.1 Å². The molecule has 8 heavy (non-hydrogen) atoms. The monoisotopic (exact) mass is 152 g/mol. The van der Waals surface area contributed by atoms with Crippen LogP contribution in [-0.4, -0.2) is 0 Å². The van der Waals surface area contributed by atoms with Crippen molar-refractivity contribution >= 4 is 0 Å². The van der Waals surface area contributed by atoms with Gasteiger partial charge in [-0.15, -0.1) is 0 Å². The molecule has 0 nitrogen and oxygen atoms in total. The molecule has 0 amide bonds. The molecular weight excluding hydrogens is 147 g/mol. The molecule has 0 aliphatic carbocycles. The second kappa shape index (κ2) is 3.64. The third-order valence-electron chi connectivity index (χ3n) is 0.733. The Bertz CT molecular complexity index is 138. The topological polar surface area (TPSA) is 0 Å². The van der Waals surface area contributed by atoms with Gasteiger partial charge in [0, 0.05) is 17.1 Å². The van der Waals surface area contributed by atoms with Gasteiger partial charge >= 0.3 is 0 Å². The first-order valence-electron chi connectivity index (χ1n) is 2.10. The number of hydrogen-bond donors (Lipinski definition) is 0. The Labute approximate surface area is 58.2 Å². The van der Waals surface area contributed by atoms with E-state index in [0.29, 0.717) is 0 Å². The van der Waals surface area contributed by atoms with Gasteiger partial charge in [-0.2, -0.15) is 0 Å². The maximum Gasteiger partial charge on any atom is 0.123 e. The molecule has 0 atom stereocenters. The van der Waals surface area contributed by atoms with E-state index >= 15 is 0 Å². The Balaban J connectivity index is 0.000000490. The van der Waals surface area contributed by atoms with Crippen LogP contribution in [0.15, 0.2) is 30.3 Å². The van der Waals surface area contributed by atoms with Gasteiger partial charge in [0.2, 0.25) is 0 Å². The first-order chi connectivity index (χ1) is 3.39. The smallest absolute Gasteiger partial charge is 0.123 e. The van der Waals surface area contributed by atoms with Gasteiger partial charge in [-0.3, -0.25) is 0 Å². The zero-order chi connectivity index (χ0) is 5.11. The molecule has 0 spiro atoms. The molecule has 44 valence electrons. The molecule has 0 saturated heterocycles. The minimum absolute atomic E-state index is 0. The summed E-state index contributed by atoms with van der Waals surface area (Å²) in [5.41, 5.74) is 0. The largest absolute Gasteiger partial charge is 0.207 e. The maximum absolute atomic E-state index is 11.9. The van der Waals surface area contributed by atoms with Crippen molar-refractivity contribution in [3.05, 3.63) is 36.1 Å². The minimum Gasteiger partial charge on any atom is -0.207 e. The summed E-state index contributed by atoms with van der Waals surface area (Å²) in [5.74, 6) is -0.178. The summed E-state index contributed by atoms with van der Waals surface area (Å²) in [6, 6.07) is 7.94. The van der Waals surface area contributed by atoms with Crippen molar-refractivity contribution in [3.8, 4) is 0 Å². The standard InChI is InChI=1S/C6H5F.Fe/c7-6-4-2-1-3-5-6;/h1-5H;. The van der Waals surface area contributed by atoms with E-state index in [0.717, 1.165) is 0 Å². The van der Waals surface area contributed by atoms with Crippen LogP contribution in [0.1, 0.15) is 0 Å². The van der Waals surface area contributed by atoms with Crippen molar-refractivity contribution in [1.82, 2.24) is 0 Å². The van der Waals surface area contributed by atoms with Gasteiger partial charge in [-0.1, -0.05) is 18.2 Å². The van der Waals surface area contributed by atoms with Crippen molar-refractivity contribution in [2.24, 2.45) is 0 Å². The fourth-order valence-corrected chi connectivity index (χ4v) is 0.415. The molecule has 1 aromatic carbocycles. The number of hydrogen-bond acceptors (Lipinski definition) is 0. The number of halogens is 1. The van der Waals surface area contributed by atoms with Crippen molar-refractivity contribution in [1.29, 1.82) is 0 Å². The average molecular weight is 152 g/mol. The first kappa shape index (κ1) is 7.67. The van der Waals surface area contributed by atoms with Crippen molar-refractivity contribution in [2.45, 2.75) is 0 Å². The van der Waals surface area contributed by atoms with Crippen LogP contribution >= 0.6 is 0 Å². The van der Waals surface area contributed by atoms with Gasteiger partial charge in [0.05, 0.1) is 0 Å². The van der Waals surface area contributed by atoms with Gasteiger partial charge in [0.1, 0.15) is 5.82 Å². The predicted octanol–water partition coefficient (Wildman–Crippen LogP) is 1.82. The summed E-state index contributed by atoms with van der Waals surface area (Å²) in [4.78, 5) is 0. The summed E-state index contributed by atoms with van der Waals surface area (Å²) in [6.07, 6.45) is 0. The van der Waals surface area contributed by atoms with Gasteiger partial charge in [0.25, 0.3) is 0 Å². The fourth-order valence-electron chi connectivity index (χ4n) is 0.415. The summed E-state index contributed by atoms with van der Waals surface area (Å²) >= 11 is 0. The Morgan fingerprint density at radius 3 is 1.75 bits per heavy atom. The SMILES string of the molecule is Fc1ccccc1.[Fe]. The van der Waals surface area contributed by atoms with E-state index in [2.05, 4.69) is 0 Å². The van der Waals surface area contributed by atoms with Crippen LogP contribution in [0.3, 0.4) is 0 Å². The van der Waals surface area contributed by atoms with Crippen molar-refractivity contribution in [2.75, 3.05) is 0 Å². The molecule has 0 aliphatic heterocycles. The maximum atomic E-state index is 11.9. The quantitative estimate of drug-likeness (QED) is 0.497. The molecule has 1 aromatic rings. The summed E-state index contributed by atoms with van der Waals surface area (Å²) in [6.45, 7) is 0. The Morgan fingerprint density at radius 1 is 1.00 bits per heavy atom. The number of benzene rings is 1. The second-order valence-electron chi connectivity index (χ2n) is 1.30. The molecule has 0 bridgehead atoms. The predicted molar refractivity (Wildman–Crippen MR) is 26.4 cm³/mol. The van der Waals surface area contributed by atoms with E-state index in [4.69, 9.17) is 0 Å². The second-order valence-corrected chi connectivity index (χ2v) is 1.30. The number of rotatable bonds is 0. The van der Waals surface area contributed by atoms with E-state index < -0.39 is 0 Å². The summed E-state index contributed by atoms with van der Waals surface area (Å²) < 4.78 is 11.9. The molecule has 0 aromatic heterocycles. The van der Waals surface area contributed by atoms with Crippen LogP contribution in [0, 0.1) is 5.82 Å². The molecule has 1 rings (SSSR count). The molecule has 0 unspecified atom stereocenters. The third kappa shape index (κ3) is 2.10. The molecule has 0 heterocycles. The van der Waals surface area contributed by atoms with Gasteiger partial charge < -0.3 is 0 Å². The van der Waals surface area contributed by atoms with Crippen molar-refractivity contribution < 1.29 is 21.5 Å². The van der Waals surface area contributed by atoms with Crippen LogP contribution < -0.4 is 0 Å².